The SMILES string of the molecule is CC.Cc1nc(Cl)c(C)c(Oc2ccccc2)n1.[C-]#[N+]C. The van der Waals surface area contributed by atoms with Crippen LogP contribution in [0.25, 0.3) is 4.85 Å². The molecule has 112 valence electrons. The van der Waals surface area contributed by atoms with E-state index in [9.17, 15) is 0 Å². The van der Waals surface area contributed by atoms with Crippen LogP contribution in [0.3, 0.4) is 0 Å². The molecule has 0 aliphatic rings. The second-order valence-corrected chi connectivity index (χ2v) is 3.99. The Kier molecular flexibility index (Phi) is 9.57. The highest BCUT2D eigenvalue weighted by atomic mass is 35.5. The topological polar surface area (TPSA) is 39.4 Å². The molecular weight excluding hydrogens is 286 g/mol. The summed E-state index contributed by atoms with van der Waals surface area (Å²) in [4.78, 5) is 11.0. The van der Waals surface area contributed by atoms with Crippen LogP contribution in [-0.4, -0.2) is 17.0 Å². The van der Waals surface area contributed by atoms with Gasteiger partial charge in [-0.15, -0.1) is 0 Å². The number of benzene rings is 1. The molecule has 2 aromatic rings. The summed E-state index contributed by atoms with van der Waals surface area (Å²) in [5.74, 6) is 1.84. The number of hydrogen-bond acceptors (Lipinski definition) is 3. The molecule has 2 rings (SSSR count). The van der Waals surface area contributed by atoms with Crippen molar-refractivity contribution in [2.24, 2.45) is 0 Å². The molecule has 0 aliphatic carbocycles. The highest BCUT2D eigenvalue weighted by Gasteiger charge is 2.09. The van der Waals surface area contributed by atoms with Gasteiger partial charge in [0.2, 0.25) is 12.9 Å². The lowest BCUT2D eigenvalue weighted by Crippen LogP contribution is -1.97. The highest BCUT2D eigenvalue weighted by molar-refractivity contribution is 6.30. The summed E-state index contributed by atoms with van der Waals surface area (Å²) in [5, 5.41) is 0.429. The number of halogens is 1. The third-order valence-corrected chi connectivity index (χ3v) is 2.48. The number of para-hydroxylation sites is 1. The Hall–Kier alpha value is -2.12. The van der Waals surface area contributed by atoms with Gasteiger partial charge in [-0.3, -0.25) is 0 Å². The molecule has 4 nitrogen and oxygen atoms in total. The lowest BCUT2D eigenvalue weighted by atomic mass is 10.3. The number of aryl methyl sites for hydroxylation is 1. The Morgan fingerprint density at radius 3 is 2.14 bits per heavy atom. The first-order valence-corrected chi connectivity index (χ1v) is 6.95. The minimum Gasteiger partial charge on any atom is -0.439 e. The molecule has 1 aromatic carbocycles. The molecule has 0 N–H and O–H groups in total. The van der Waals surface area contributed by atoms with Gasteiger partial charge in [-0.05, 0) is 26.0 Å². The fourth-order valence-corrected chi connectivity index (χ4v) is 1.47. The summed E-state index contributed by atoms with van der Waals surface area (Å²) in [7, 11) is 1.42. The van der Waals surface area contributed by atoms with Gasteiger partial charge in [0, 0.05) is 5.56 Å². The lowest BCUT2D eigenvalue weighted by Gasteiger charge is -2.08. The van der Waals surface area contributed by atoms with E-state index in [1.165, 1.54) is 7.05 Å². The average Bonchev–Trinajstić information content (AvgIpc) is 2.48. The number of hydrogen-bond donors (Lipinski definition) is 0. The van der Waals surface area contributed by atoms with Gasteiger partial charge in [-0.1, -0.05) is 43.6 Å². The quantitative estimate of drug-likeness (QED) is 0.572. The lowest BCUT2D eigenvalue weighted by molar-refractivity contribution is 0.455. The van der Waals surface area contributed by atoms with Crippen molar-refractivity contribution in [1.29, 1.82) is 0 Å². The predicted molar refractivity (Wildman–Crippen MR) is 86.9 cm³/mol. The number of ether oxygens (including phenoxy) is 1. The second kappa shape index (κ2) is 10.6. The first-order valence-electron chi connectivity index (χ1n) is 6.57. The molecule has 0 fully saturated rings. The maximum absolute atomic E-state index is 5.95. The zero-order valence-corrected chi connectivity index (χ0v) is 13.8. The van der Waals surface area contributed by atoms with E-state index in [4.69, 9.17) is 22.9 Å². The summed E-state index contributed by atoms with van der Waals surface area (Å²) < 4.78 is 5.64. The molecule has 1 heterocycles. The third kappa shape index (κ3) is 6.73. The van der Waals surface area contributed by atoms with Crippen LogP contribution in [0.2, 0.25) is 5.15 Å². The van der Waals surface area contributed by atoms with Gasteiger partial charge < -0.3 is 9.58 Å². The van der Waals surface area contributed by atoms with E-state index in [0.717, 1.165) is 11.3 Å². The molecule has 0 saturated heterocycles. The van der Waals surface area contributed by atoms with Gasteiger partial charge in [0.1, 0.15) is 16.7 Å². The fourth-order valence-electron chi connectivity index (χ4n) is 1.27. The van der Waals surface area contributed by atoms with Crippen molar-refractivity contribution in [3.63, 3.8) is 0 Å². The van der Waals surface area contributed by atoms with Crippen LogP contribution in [0.5, 0.6) is 11.6 Å². The van der Waals surface area contributed by atoms with Crippen molar-refractivity contribution in [2.75, 3.05) is 7.05 Å². The summed E-state index contributed by atoms with van der Waals surface area (Å²) in [6, 6.07) is 9.47. The summed E-state index contributed by atoms with van der Waals surface area (Å²) in [6.07, 6.45) is 0. The fraction of sp³-hybridized carbons (Fsp3) is 0.312. The van der Waals surface area contributed by atoms with E-state index < -0.39 is 0 Å². The van der Waals surface area contributed by atoms with Crippen molar-refractivity contribution in [3.05, 3.63) is 58.3 Å². The Labute approximate surface area is 131 Å². The van der Waals surface area contributed by atoms with Crippen molar-refractivity contribution in [1.82, 2.24) is 9.97 Å². The van der Waals surface area contributed by atoms with Crippen LogP contribution in [0, 0.1) is 20.4 Å². The Balaban J connectivity index is 0.000000713. The molecule has 0 radical (unpaired) electrons. The van der Waals surface area contributed by atoms with Gasteiger partial charge >= 0.3 is 0 Å². The summed E-state index contributed by atoms with van der Waals surface area (Å²) in [6.45, 7) is 13.4. The smallest absolute Gasteiger partial charge is 0.226 e. The van der Waals surface area contributed by atoms with E-state index in [-0.39, 0.29) is 0 Å². The minimum atomic E-state index is 0.429. The molecule has 5 heteroatoms. The zero-order chi connectivity index (χ0) is 16.3. The zero-order valence-electron chi connectivity index (χ0n) is 13.0. The summed E-state index contributed by atoms with van der Waals surface area (Å²) in [5.41, 5.74) is 0.746. The normalized spacial score (nSPS) is 8.43. The van der Waals surface area contributed by atoms with Crippen molar-refractivity contribution >= 4 is 11.6 Å². The van der Waals surface area contributed by atoms with Gasteiger partial charge in [-0.2, -0.15) is 4.98 Å². The largest absolute Gasteiger partial charge is 0.439 e. The first-order chi connectivity index (χ1) is 10.1. The van der Waals surface area contributed by atoms with Crippen molar-refractivity contribution in [2.45, 2.75) is 27.7 Å². The van der Waals surface area contributed by atoms with Gasteiger partial charge in [0.25, 0.3) is 0 Å². The Bertz CT molecular complexity index is 580. The van der Waals surface area contributed by atoms with E-state index in [1.54, 1.807) is 6.92 Å². The predicted octanol–water partition coefficient (Wildman–Crippen LogP) is 5.10. The molecular formula is C16H20ClN3O. The third-order valence-electron chi connectivity index (χ3n) is 2.11. The van der Waals surface area contributed by atoms with Crippen LogP contribution in [0.1, 0.15) is 25.2 Å². The second-order valence-electron chi connectivity index (χ2n) is 3.63. The number of rotatable bonds is 2. The molecule has 0 atom stereocenters. The molecule has 1 aromatic heterocycles. The monoisotopic (exact) mass is 305 g/mol. The maximum Gasteiger partial charge on any atom is 0.226 e. The maximum atomic E-state index is 5.95. The van der Waals surface area contributed by atoms with Crippen LogP contribution < -0.4 is 4.74 Å². The van der Waals surface area contributed by atoms with Crippen LogP contribution >= 0.6 is 11.6 Å². The van der Waals surface area contributed by atoms with Crippen LogP contribution in [0.4, 0.5) is 0 Å². The van der Waals surface area contributed by atoms with E-state index in [0.29, 0.717) is 16.9 Å². The summed E-state index contributed by atoms with van der Waals surface area (Å²) >= 11 is 5.95. The van der Waals surface area contributed by atoms with Crippen LogP contribution in [-0.2, 0) is 0 Å². The average molecular weight is 306 g/mol. The minimum absolute atomic E-state index is 0.429. The number of aromatic nitrogens is 2. The van der Waals surface area contributed by atoms with E-state index in [2.05, 4.69) is 14.8 Å². The molecule has 0 aliphatic heterocycles. The highest BCUT2D eigenvalue weighted by Crippen LogP contribution is 2.26. The molecule has 0 bridgehead atoms. The van der Waals surface area contributed by atoms with Crippen molar-refractivity contribution < 1.29 is 4.74 Å². The molecule has 0 spiro atoms. The molecule has 0 unspecified atom stereocenters. The number of nitrogens with zero attached hydrogens (tertiary/aromatic N) is 3. The standard InChI is InChI=1S/C12H11ClN2O.C2H3N.C2H6/c1-8-11(13)14-9(2)15-12(8)16-10-6-4-3-5-7-10;1-3-2;1-2/h3-7H,1-2H3;1H3;1-2H3. The Morgan fingerprint density at radius 1 is 1.10 bits per heavy atom. The van der Waals surface area contributed by atoms with Crippen LogP contribution in [0.15, 0.2) is 30.3 Å². The molecule has 0 saturated carbocycles. The van der Waals surface area contributed by atoms with E-state index >= 15 is 0 Å². The van der Waals surface area contributed by atoms with Gasteiger partial charge in [0.15, 0.2) is 0 Å². The van der Waals surface area contributed by atoms with Gasteiger partial charge in [-0.25, -0.2) is 11.6 Å². The van der Waals surface area contributed by atoms with Gasteiger partial charge in [0.05, 0.1) is 0 Å². The van der Waals surface area contributed by atoms with Crippen molar-refractivity contribution in [3.8, 4) is 11.6 Å². The Morgan fingerprint density at radius 2 is 1.62 bits per heavy atom. The first kappa shape index (κ1) is 18.9. The van der Waals surface area contributed by atoms with E-state index in [1.807, 2.05) is 51.1 Å². The molecule has 0 amide bonds. The molecule has 21 heavy (non-hydrogen) atoms.